The van der Waals surface area contributed by atoms with Crippen molar-refractivity contribution < 1.29 is 9.90 Å². The number of carbonyl (C=O) groups excluding carboxylic acids is 1. The largest absolute Gasteiger partial charge is 0.396 e. The third kappa shape index (κ3) is 10.0. The zero-order valence-corrected chi connectivity index (χ0v) is 10.2. The molecule has 15 heavy (non-hydrogen) atoms. The monoisotopic (exact) mass is 234 g/mol. The van der Waals surface area contributed by atoms with Gasteiger partial charge in [0.05, 0.1) is 0 Å². The van der Waals surface area contributed by atoms with Crippen LogP contribution in [-0.2, 0) is 4.79 Å². The van der Waals surface area contributed by atoms with E-state index in [1.54, 1.807) is 11.8 Å². The second-order valence-corrected chi connectivity index (χ2v) is 4.64. The van der Waals surface area contributed by atoms with E-state index in [1.807, 2.05) is 6.92 Å². The van der Waals surface area contributed by atoms with Crippen LogP contribution in [-0.4, -0.2) is 41.7 Å². The molecule has 1 amide bonds. The fourth-order valence-corrected chi connectivity index (χ4v) is 1.77. The second kappa shape index (κ2) is 10.3. The van der Waals surface area contributed by atoms with E-state index >= 15 is 0 Å². The highest BCUT2D eigenvalue weighted by molar-refractivity contribution is 7.99. The Labute approximate surface area is 96.0 Å². The maximum atomic E-state index is 11.3. The van der Waals surface area contributed by atoms with Crippen molar-refractivity contribution in [2.75, 3.05) is 24.7 Å². The van der Waals surface area contributed by atoms with Crippen LogP contribution in [0.2, 0.25) is 0 Å². The summed E-state index contributed by atoms with van der Waals surface area (Å²) in [6.07, 6.45) is 2.07. The highest BCUT2D eigenvalue weighted by Gasteiger charge is 2.06. The van der Waals surface area contributed by atoms with Gasteiger partial charge in [0.25, 0.3) is 0 Å². The number of thioether (sulfide) groups is 1. The normalized spacial score (nSPS) is 12.5. The molecule has 0 aromatic heterocycles. The highest BCUT2D eigenvalue weighted by Crippen LogP contribution is 2.00. The van der Waals surface area contributed by atoms with Gasteiger partial charge in [-0.3, -0.25) is 4.79 Å². The minimum Gasteiger partial charge on any atom is -0.396 e. The van der Waals surface area contributed by atoms with Crippen molar-refractivity contribution >= 4 is 17.7 Å². The smallest absolute Gasteiger partial charge is 0.221 e. The predicted octanol–water partition coefficient (Wildman–Crippen LogP) is 0.346. The Kier molecular flexibility index (Phi) is 10.1. The maximum absolute atomic E-state index is 11.3. The first-order valence-electron chi connectivity index (χ1n) is 5.41. The summed E-state index contributed by atoms with van der Waals surface area (Å²) in [5, 5.41) is 11.4. The Morgan fingerprint density at radius 2 is 2.27 bits per heavy atom. The molecular weight excluding hydrogens is 212 g/mol. The molecule has 4 nitrogen and oxygen atoms in total. The number of aliphatic hydroxyl groups is 1. The molecule has 0 aliphatic carbocycles. The summed E-state index contributed by atoms with van der Waals surface area (Å²) in [4.78, 5) is 11.3. The Morgan fingerprint density at radius 3 is 2.87 bits per heavy atom. The van der Waals surface area contributed by atoms with Gasteiger partial charge in [0.1, 0.15) is 0 Å². The van der Waals surface area contributed by atoms with Gasteiger partial charge in [0.2, 0.25) is 5.91 Å². The summed E-state index contributed by atoms with van der Waals surface area (Å²) in [5.41, 5.74) is 5.65. The molecule has 0 aromatic rings. The van der Waals surface area contributed by atoms with Gasteiger partial charge in [-0.05, 0) is 18.6 Å². The molecule has 0 aromatic carbocycles. The maximum Gasteiger partial charge on any atom is 0.221 e. The van der Waals surface area contributed by atoms with Gasteiger partial charge in [-0.15, -0.1) is 0 Å². The van der Waals surface area contributed by atoms with Gasteiger partial charge in [0, 0.05) is 31.4 Å². The van der Waals surface area contributed by atoms with Crippen LogP contribution < -0.4 is 11.1 Å². The molecule has 0 bridgehead atoms. The van der Waals surface area contributed by atoms with Gasteiger partial charge < -0.3 is 16.2 Å². The summed E-state index contributed by atoms with van der Waals surface area (Å²) >= 11 is 1.74. The number of hydrogen-bond donors (Lipinski definition) is 3. The summed E-state index contributed by atoms with van der Waals surface area (Å²) in [6, 6.07) is -0.0213. The van der Waals surface area contributed by atoms with Crippen molar-refractivity contribution in [2.45, 2.75) is 32.2 Å². The van der Waals surface area contributed by atoms with E-state index in [2.05, 4.69) is 5.32 Å². The van der Waals surface area contributed by atoms with E-state index in [0.29, 0.717) is 13.0 Å². The minimum absolute atomic E-state index is 0.0213. The molecule has 0 rings (SSSR count). The average Bonchev–Trinajstić information content (AvgIpc) is 2.23. The molecule has 0 saturated carbocycles. The minimum atomic E-state index is -0.0213. The highest BCUT2D eigenvalue weighted by atomic mass is 32.2. The number of aliphatic hydroxyl groups excluding tert-OH is 1. The molecule has 1 atom stereocenters. The summed E-state index contributed by atoms with van der Waals surface area (Å²) in [5.74, 6) is 1.88. The third-order valence-corrected chi connectivity index (χ3v) is 3.06. The van der Waals surface area contributed by atoms with E-state index in [1.165, 1.54) is 0 Å². The van der Waals surface area contributed by atoms with Gasteiger partial charge in [-0.2, -0.15) is 11.8 Å². The number of hydrogen-bond acceptors (Lipinski definition) is 4. The molecule has 0 heterocycles. The molecule has 0 saturated heterocycles. The van der Waals surface area contributed by atoms with Crippen molar-refractivity contribution in [3.05, 3.63) is 0 Å². The van der Waals surface area contributed by atoms with Crippen molar-refractivity contribution in [3.63, 3.8) is 0 Å². The lowest BCUT2D eigenvalue weighted by Crippen LogP contribution is -2.32. The Balaban J connectivity index is 3.24. The van der Waals surface area contributed by atoms with Gasteiger partial charge >= 0.3 is 0 Å². The molecule has 0 radical (unpaired) electrons. The van der Waals surface area contributed by atoms with Crippen LogP contribution >= 0.6 is 11.8 Å². The van der Waals surface area contributed by atoms with Crippen molar-refractivity contribution in [3.8, 4) is 0 Å². The average molecular weight is 234 g/mol. The SMILES string of the molecule is CCC(N)CC(=O)NCCSCCCO. The van der Waals surface area contributed by atoms with Gasteiger partial charge in [-0.25, -0.2) is 0 Å². The lowest BCUT2D eigenvalue weighted by Gasteiger charge is -2.08. The number of nitrogens with one attached hydrogen (secondary N) is 1. The molecule has 0 spiro atoms. The number of rotatable bonds is 9. The van der Waals surface area contributed by atoms with Crippen LogP contribution in [0, 0.1) is 0 Å². The molecule has 4 N–H and O–H groups in total. The van der Waals surface area contributed by atoms with Crippen LogP contribution in [0.3, 0.4) is 0 Å². The fraction of sp³-hybridized carbons (Fsp3) is 0.900. The van der Waals surface area contributed by atoms with E-state index in [9.17, 15) is 4.79 Å². The van der Waals surface area contributed by atoms with Crippen molar-refractivity contribution in [2.24, 2.45) is 5.73 Å². The number of carbonyl (C=O) groups is 1. The van der Waals surface area contributed by atoms with Crippen LogP contribution in [0.4, 0.5) is 0 Å². The molecule has 0 fully saturated rings. The second-order valence-electron chi connectivity index (χ2n) is 3.41. The van der Waals surface area contributed by atoms with Crippen molar-refractivity contribution in [1.29, 1.82) is 0 Å². The zero-order valence-electron chi connectivity index (χ0n) is 9.37. The molecule has 0 aliphatic heterocycles. The number of amides is 1. The molecule has 90 valence electrons. The third-order valence-electron chi connectivity index (χ3n) is 1.99. The van der Waals surface area contributed by atoms with E-state index in [-0.39, 0.29) is 18.6 Å². The quantitative estimate of drug-likeness (QED) is 0.503. The molecule has 5 heteroatoms. The van der Waals surface area contributed by atoms with Crippen LogP contribution in [0.1, 0.15) is 26.2 Å². The first-order chi connectivity index (χ1) is 7.20. The van der Waals surface area contributed by atoms with Gasteiger partial charge in [-0.1, -0.05) is 6.92 Å². The van der Waals surface area contributed by atoms with Gasteiger partial charge in [0.15, 0.2) is 0 Å². The van der Waals surface area contributed by atoms with E-state index in [4.69, 9.17) is 10.8 Å². The van der Waals surface area contributed by atoms with Crippen LogP contribution in [0.5, 0.6) is 0 Å². The molecular formula is C10H22N2O2S. The first kappa shape index (κ1) is 14.7. The fourth-order valence-electron chi connectivity index (χ4n) is 0.986. The summed E-state index contributed by atoms with van der Waals surface area (Å²) < 4.78 is 0. The lowest BCUT2D eigenvalue weighted by molar-refractivity contribution is -0.121. The lowest BCUT2D eigenvalue weighted by atomic mass is 10.1. The van der Waals surface area contributed by atoms with Crippen LogP contribution in [0.25, 0.3) is 0 Å². The van der Waals surface area contributed by atoms with E-state index in [0.717, 1.165) is 24.3 Å². The zero-order chi connectivity index (χ0) is 11.5. The van der Waals surface area contributed by atoms with Crippen molar-refractivity contribution in [1.82, 2.24) is 5.32 Å². The first-order valence-corrected chi connectivity index (χ1v) is 6.57. The predicted molar refractivity (Wildman–Crippen MR) is 64.9 cm³/mol. The Hall–Kier alpha value is -0.260. The Morgan fingerprint density at radius 1 is 1.53 bits per heavy atom. The molecule has 0 aliphatic rings. The van der Waals surface area contributed by atoms with E-state index < -0.39 is 0 Å². The van der Waals surface area contributed by atoms with Crippen LogP contribution in [0.15, 0.2) is 0 Å². The molecule has 1 unspecified atom stereocenters. The summed E-state index contributed by atoms with van der Waals surface area (Å²) in [6.45, 7) is 2.90. The summed E-state index contributed by atoms with van der Waals surface area (Å²) in [7, 11) is 0. The number of nitrogens with two attached hydrogens (primary N) is 1. The Bertz CT molecular complexity index is 168. The topological polar surface area (TPSA) is 75.4 Å². The standard InChI is InChI=1S/C10H22N2O2S/c1-2-9(11)8-10(14)12-4-7-15-6-3-5-13/h9,13H,2-8,11H2,1H3,(H,12,14).